The lowest BCUT2D eigenvalue weighted by atomic mass is 10.0. The molecule has 0 unspecified atom stereocenters. The molecule has 30 heavy (non-hydrogen) atoms. The number of amides is 1. The number of fused-ring (bicyclic) bond motifs is 2. The molecule has 3 aromatic rings. The second kappa shape index (κ2) is 6.81. The Labute approximate surface area is 169 Å². The fraction of sp³-hybridized carbons (Fsp3) is 0.0476. The van der Waals surface area contributed by atoms with E-state index in [2.05, 4.69) is 5.32 Å². The lowest BCUT2D eigenvalue weighted by Gasteiger charge is -2.19. The van der Waals surface area contributed by atoms with E-state index >= 15 is 0 Å². The fourth-order valence-electron chi connectivity index (χ4n) is 3.17. The SMILES string of the molecule is O=C(Nc1ccc(C(F)(F)F)cc1)c1ccc2c(c1)S(=O)(=O)c1ccccc1C2=O. The van der Waals surface area contributed by atoms with Crippen LogP contribution < -0.4 is 5.32 Å². The first-order valence-electron chi connectivity index (χ1n) is 8.60. The first kappa shape index (κ1) is 19.8. The zero-order valence-electron chi connectivity index (χ0n) is 15.0. The molecule has 0 fully saturated rings. The van der Waals surface area contributed by atoms with Crippen LogP contribution in [0.15, 0.2) is 76.5 Å². The van der Waals surface area contributed by atoms with Gasteiger partial charge in [0.1, 0.15) is 0 Å². The number of hydrogen-bond acceptors (Lipinski definition) is 4. The van der Waals surface area contributed by atoms with Gasteiger partial charge in [0.25, 0.3) is 5.91 Å². The van der Waals surface area contributed by atoms with Crippen molar-refractivity contribution in [3.05, 3.63) is 89.0 Å². The van der Waals surface area contributed by atoms with E-state index in [4.69, 9.17) is 0 Å². The summed E-state index contributed by atoms with van der Waals surface area (Å²) >= 11 is 0. The van der Waals surface area contributed by atoms with Crippen LogP contribution in [0.2, 0.25) is 0 Å². The summed E-state index contributed by atoms with van der Waals surface area (Å²) in [6, 6.07) is 13.3. The summed E-state index contributed by atoms with van der Waals surface area (Å²) in [5, 5.41) is 2.42. The Morgan fingerprint density at radius 2 is 1.47 bits per heavy atom. The molecule has 5 nitrogen and oxygen atoms in total. The molecule has 0 saturated carbocycles. The van der Waals surface area contributed by atoms with E-state index in [1.165, 1.54) is 30.3 Å². The molecule has 0 aliphatic carbocycles. The van der Waals surface area contributed by atoms with Crippen LogP contribution in [0, 0.1) is 0 Å². The van der Waals surface area contributed by atoms with Crippen LogP contribution in [-0.2, 0) is 16.0 Å². The summed E-state index contributed by atoms with van der Waals surface area (Å²) in [5.41, 5.74) is -0.788. The van der Waals surface area contributed by atoms with Crippen LogP contribution in [0.4, 0.5) is 18.9 Å². The number of alkyl halides is 3. The van der Waals surface area contributed by atoms with Crippen molar-refractivity contribution in [2.24, 2.45) is 0 Å². The van der Waals surface area contributed by atoms with E-state index in [0.29, 0.717) is 0 Å². The summed E-state index contributed by atoms with van der Waals surface area (Å²) in [6.45, 7) is 0. The second-order valence-electron chi connectivity index (χ2n) is 6.57. The Bertz CT molecular complexity index is 1300. The summed E-state index contributed by atoms with van der Waals surface area (Å²) in [5.74, 6) is -1.19. The Balaban J connectivity index is 1.67. The van der Waals surface area contributed by atoms with Crippen LogP contribution in [-0.4, -0.2) is 20.1 Å². The lowest BCUT2D eigenvalue weighted by molar-refractivity contribution is -0.137. The van der Waals surface area contributed by atoms with Crippen molar-refractivity contribution in [2.75, 3.05) is 5.32 Å². The van der Waals surface area contributed by atoms with Crippen molar-refractivity contribution >= 4 is 27.2 Å². The zero-order chi connectivity index (χ0) is 21.7. The van der Waals surface area contributed by atoms with Crippen molar-refractivity contribution in [2.45, 2.75) is 16.0 Å². The molecule has 0 atom stereocenters. The molecular weight excluding hydrogens is 419 g/mol. The minimum absolute atomic E-state index is 0.0419. The topological polar surface area (TPSA) is 80.3 Å². The van der Waals surface area contributed by atoms with Crippen LogP contribution in [0.1, 0.15) is 31.8 Å². The minimum atomic E-state index is -4.50. The normalized spacial score (nSPS) is 14.6. The molecule has 152 valence electrons. The zero-order valence-corrected chi connectivity index (χ0v) is 15.8. The van der Waals surface area contributed by atoms with Crippen LogP contribution in [0.25, 0.3) is 0 Å². The smallest absolute Gasteiger partial charge is 0.322 e. The van der Waals surface area contributed by atoms with Gasteiger partial charge in [-0.1, -0.05) is 12.1 Å². The van der Waals surface area contributed by atoms with Crippen molar-refractivity contribution in [3.8, 4) is 0 Å². The average Bonchev–Trinajstić information content (AvgIpc) is 2.72. The van der Waals surface area contributed by atoms with E-state index in [9.17, 15) is 31.2 Å². The van der Waals surface area contributed by atoms with Gasteiger partial charge in [0.2, 0.25) is 9.84 Å². The molecule has 0 spiro atoms. The molecule has 1 heterocycles. The van der Waals surface area contributed by atoms with Crippen molar-refractivity contribution in [3.63, 3.8) is 0 Å². The average molecular weight is 431 g/mol. The molecule has 1 N–H and O–H groups in total. The molecule has 3 aromatic carbocycles. The monoisotopic (exact) mass is 431 g/mol. The van der Waals surface area contributed by atoms with E-state index in [0.717, 1.165) is 30.3 Å². The first-order chi connectivity index (χ1) is 14.1. The van der Waals surface area contributed by atoms with Gasteiger partial charge in [0.15, 0.2) is 5.78 Å². The number of sulfone groups is 1. The van der Waals surface area contributed by atoms with Crippen molar-refractivity contribution in [1.29, 1.82) is 0 Å². The highest BCUT2D eigenvalue weighted by molar-refractivity contribution is 7.91. The highest BCUT2D eigenvalue weighted by Gasteiger charge is 2.35. The Hall–Kier alpha value is -3.46. The van der Waals surface area contributed by atoms with Gasteiger partial charge < -0.3 is 5.32 Å². The first-order valence-corrected chi connectivity index (χ1v) is 10.1. The number of rotatable bonds is 2. The standard InChI is InChI=1S/C21H12F3NO4S/c22-21(23,24)13-6-8-14(9-7-13)25-20(27)12-5-10-16-18(11-12)30(28,29)17-4-2-1-3-15(17)19(16)26/h1-11H,(H,25,27). The molecule has 0 radical (unpaired) electrons. The van der Waals surface area contributed by atoms with Crippen molar-refractivity contribution < 1.29 is 31.2 Å². The maximum atomic E-state index is 12.9. The van der Waals surface area contributed by atoms with E-state index < -0.39 is 33.3 Å². The van der Waals surface area contributed by atoms with Crippen LogP contribution >= 0.6 is 0 Å². The van der Waals surface area contributed by atoms with Gasteiger partial charge in [-0.3, -0.25) is 9.59 Å². The number of benzene rings is 3. The van der Waals surface area contributed by atoms with Gasteiger partial charge in [-0.05, 0) is 54.6 Å². The number of carbonyl (C=O) groups excluding carboxylic acids is 2. The largest absolute Gasteiger partial charge is 0.416 e. The quantitative estimate of drug-likeness (QED) is 0.512. The summed E-state index contributed by atoms with van der Waals surface area (Å²) < 4.78 is 63.8. The Kier molecular flexibility index (Phi) is 4.50. The maximum Gasteiger partial charge on any atom is 0.416 e. The minimum Gasteiger partial charge on any atom is -0.322 e. The van der Waals surface area contributed by atoms with E-state index in [-0.39, 0.29) is 32.2 Å². The van der Waals surface area contributed by atoms with Gasteiger partial charge in [-0.2, -0.15) is 13.2 Å². The van der Waals surface area contributed by atoms with Gasteiger partial charge in [-0.15, -0.1) is 0 Å². The van der Waals surface area contributed by atoms with Gasteiger partial charge >= 0.3 is 6.18 Å². The van der Waals surface area contributed by atoms with E-state index in [1.807, 2.05) is 0 Å². The Morgan fingerprint density at radius 1 is 0.833 bits per heavy atom. The number of hydrogen-bond donors (Lipinski definition) is 1. The lowest BCUT2D eigenvalue weighted by Crippen LogP contribution is -2.21. The van der Waals surface area contributed by atoms with E-state index in [1.54, 1.807) is 6.07 Å². The predicted molar refractivity (Wildman–Crippen MR) is 101 cm³/mol. The molecule has 0 bridgehead atoms. The molecule has 9 heteroatoms. The maximum absolute atomic E-state index is 12.9. The molecule has 0 saturated heterocycles. The van der Waals surface area contributed by atoms with Crippen LogP contribution in [0.5, 0.6) is 0 Å². The Morgan fingerprint density at radius 3 is 2.13 bits per heavy atom. The third kappa shape index (κ3) is 3.26. The molecule has 0 aromatic heterocycles. The highest BCUT2D eigenvalue weighted by atomic mass is 32.2. The number of nitrogens with one attached hydrogen (secondary N) is 1. The van der Waals surface area contributed by atoms with Gasteiger partial charge in [0, 0.05) is 22.4 Å². The molecule has 1 aliphatic rings. The summed E-state index contributed by atoms with van der Waals surface area (Å²) in [6.07, 6.45) is -4.50. The molecule has 1 aliphatic heterocycles. The third-order valence-corrected chi connectivity index (χ3v) is 6.52. The van der Waals surface area contributed by atoms with Crippen LogP contribution in [0.3, 0.4) is 0 Å². The molecule has 1 amide bonds. The number of ketones is 1. The third-order valence-electron chi connectivity index (χ3n) is 4.67. The van der Waals surface area contributed by atoms with Gasteiger partial charge in [0.05, 0.1) is 15.4 Å². The second-order valence-corrected chi connectivity index (χ2v) is 8.46. The predicted octanol–water partition coefficient (Wildman–Crippen LogP) is 4.33. The van der Waals surface area contributed by atoms with Gasteiger partial charge in [-0.25, -0.2) is 8.42 Å². The molecular formula is C21H12F3NO4S. The summed E-state index contributed by atoms with van der Waals surface area (Å²) in [4.78, 5) is 24.7. The summed E-state index contributed by atoms with van der Waals surface area (Å²) in [7, 11) is -4.01. The highest BCUT2D eigenvalue weighted by Crippen LogP contribution is 2.35. The number of carbonyl (C=O) groups is 2. The molecule has 4 rings (SSSR count). The fourth-order valence-corrected chi connectivity index (χ4v) is 4.85. The number of anilines is 1. The number of halogens is 3. The van der Waals surface area contributed by atoms with Crippen molar-refractivity contribution in [1.82, 2.24) is 0 Å².